The number of carbonyl (C=O) groups is 2. The molecule has 1 fully saturated rings. The lowest BCUT2D eigenvalue weighted by Gasteiger charge is -2.23. The van der Waals surface area contributed by atoms with E-state index in [1.807, 2.05) is 12.1 Å². The van der Waals surface area contributed by atoms with Gasteiger partial charge in [-0.15, -0.1) is 12.4 Å². The minimum absolute atomic E-state index is 0. The van der Waals surface area contributed by atoms with Crippen LogP contribution in [0, 0.1) is 5.92 Å². The lowest BCUT2D eigenvalue weighted by molar-refractivity contribution is -0.160. The summed E-state index contributed by atoms with van der Waals surface area (Å²) in [6, 6.07) is 8.16. The van der Waals surface area contributed by atoms with Crippen molar-refractivity contribution in [1.29, 1.82) is 0 Å². The Balaban J connectivity index is 0.00000176. The topological polar surface area (TPSA) is 87.7 Å². The monoisotopic (exact) mass is 326 g/mol. The van der Waals surface area contributed by atoms with Crippen LogP contribution < -0.4 is 10.6 Å². The molecule has 0 aromatic heterocycles. The predicted molar refractivity (Wildman–Crippen MR) is 81.8 cm³/mol. The lowest BCUT2D eigenvalue weighted by Crippen LogP contribution is -2.54. The van der Waals surface area contributed by atoms with Gasteiger partial charge in [-0.1, -0.05) is 24.3 Å². The second-order valence-electron chi connectivity index (χ2n) is 5.60. The average Bonchev–Trinajstić information content (AvgIpc) is 3.11. The molecule has 1 aromatic carbocycles. The summed E-state index contributed by atoms with van der Waals surface area (Å²) in [4.78, 5) is 23.4. The number of carboxylic acids is 1. The van der Waals surface area contributed by atoms with Crippen molar-refractivity contribution in [3.8, 4) is 0 Å². The summed E-state index contributed by atoms with van der Waals surface area (Å²) in [5.41, 5.74) is 0.794. The van der Waals surface area contributed by atoms with Crippen LogP contribution in [0.5, 0.6) is 0 Å². The first-order valence-electron chi connectivity index (χ1n) is 6.96. The highest BCUT2D eigenvalue weighted by Crippen LogP contribution is 2.38. The van der Waals surface area contributed by atoms with Crippen molar-refractivity contribution in [3.05, 3.63) is 35.4 Å². The average molecular weight is 327 g/mol. The maximum absolute atomic E-state index is 11.9. The zero-order valence-corrected chi connectivity index (χ0v) is 13.0. The number of esters is 1. The fourth-order valence-corrected chi connectivity index (χ4v) is 3.41. The van der Waals surface area contributed by atoms with Crippen molar-refractivity contribution >= 4 is 24.3 Å². The standard InChI is InChI=1S/C15H18N2O4.ClH/c1-21-14(20)15(13(18)19)6-10(8-17-15)12-11-5-3-2-4-9(11)7-16-12;/h2-5,10,12,16-17H,6-8H2,1H3,(H,18,19);1H. The molecule has 2 aliphatic rings. The highest BCUT2D eigenvalue weighted by molar-refractivity contribution is 6.04. The minimum atomic E-state index is -1.63. The Kier molecular flexibility index (Phi) is 4.75. The van der Waals surface area contributed by atoms with E-state index in [-0.39, 0.29) is 30.8 Å². The Morgan fingerprint density at radius 3 is 2.77 bits per heavy atom. The summed E-state index contributed by atoms with van der Waals surface area (Å²) in [5.74, 6) is -1.88. The van der Waals surface area contributed by atoms with E-state index < -0.39 is 17.5 Å². The van der Waals surface area contributed by atoms with Gasteiger partial charge in [-0.2, -0.15) is 0 Å². The Labute approximate surface area is 134 Å². The molecule has 0 spiro atoms. The van der Waals surface area contributed by atoms with Crippen LogP contribution in [0.25, 0.3) is 0 Å². The van der Waals surface area contributed by atoms with Gasteiger partial charge in [0.2, 0.25) is 5.54 Å². The second kappa shape index (κ2) is 6.24. The summed E-state index contributed by atoms with van der Waals surface area (Å²) in [6.45, 7) is 1.24. The van der Waals surface area contributed by atoms with Gasteiger partial charge in [0.25, 0.3) is 0 Å². The Morgan fingerprint density at radius 2 is 2.09 bits per heavy atom. The molecule has 2 aliphatic heterocycles. The van der Waals surface area contributed by atoms with Crippen LogP contribution in [0.15, 0.2) is 24.3 Å². The van der Waals surface area contributed by atoms with Crippen LogP contribution >= 0.6 is 12.4 Å². The van der Waals surface area contributed by atoms with Gasteiger partial charge >= 0.3 is 11.9 Å². The Morgan fingerprint density at radius 1 is 1.36 bits per heavy atom. The van der Waals surface area contributed by atoms with Gasteiger partial charge in [0.1, 0.15) is 0 Å². The lowest BCUT2D eigenvalue weighted by atomic mass is 9.86. The number of nitrogens with one attached hydrogen (secondary N) is 2. The quantitative estimate of drug-likeness (QED) is 0.564. The summed E-state index contributed by atoms with van der Waals surface area (Å²) >= 11 is 0. The summed E-state index contributed by atoms with van der Waals surface area (Å²) < 4.78 is 4.68. The molecule has 0 saturated carbocycles. The largest absolute Gasteiger partial charge is 0.479 e. The Hall–Kier alpha value is -1.63. The summed E-state index contributed by atoms with van der Waals surface area (Å²) in [6.07, 6.45) is 0.223. The van der Waals surface area contributed by atoms with E-state index >= 15 is 0 Å². The molecule has 7 heteroatoms. The van der Waals surface area contributed by atoms with Crippen molar-refractivity contribution in [2.45, 2.75) is 24.5 Å². The number of aliphatic carboxylic acids is 1. The van der Waals surface area contributed by atoms with Crippen molar-refractivity contribution in [3.63, 3.8) is 0 Å². The number of benzene rings is 1. The number of carboxylic acid groups (broad SMARTS) is 1. The molecular weight excluding hydrogens is 308 g/mol. The zero-order valence-electron chi connectivity index (χ0n) is 12.2. The van der Waals surface area contributed by atoms with Gasteiger partial charge in [-0.05, 0) is 23.5 Å². The van der Waals surface area contributed by atoms with Gasteiger partial charge in [0, 0.05) is 19.1 Å². The van der Waals surface area contributed by atoms with Crippen LogP contribution in [0.4, 0.5) is 0 Å². The van der Waals surface area contributed by atoms with E-state index in [9.17, 15) is 14.7 Å². The number of methoxy groups -OCH3 is 1. The van der Waals surface area contributed by atoms with Crippen molar-refractivity contribution in [1.82, 2.24) is 10.6 Å². The molecule has 3 rings (SSSR count). The third-order valence-electron chi connectivity index (χ3n) is 4.51. The summed E-state index contributed by atoms with van der Waals surface area (Å²) in [5, 5.41) is 15.7. The van der Waals surface area contributed by atoms with Gasteiger partial charge < -0.3 is 15.2 Å². The number of hydrogen-bond donors (Lipinski definition) is 3. The maximum Gasteiger partial charge on any atom is 0.337 e. The molecule has 0 radical (unpaired) electrons. The maximum atomic E-state index is 11.9. The summed E-state index contributed by atoms with van der Waals surface area (Å²) in [7, 11) is 1.21. The number of carbonyl (C=O) groups excluding carboxylic acids is 1. The number of halogens is 1. The van der Waals surface area contributed by atoms with E-state index in [0.29, 0.717) is 6.54 Å². The number of ether oxygens (including phenoxy) is 1. The first kappa shape index (κ1) is 16.7. The highest BCUT2D eigenvalue weighted by atomic mass is 35.5. The van der Waals surface area contributed by atoms with E-state index in [1.165, 1.54) is 18.2 Å². The SMILES string of the molecule is COC(=O)C1(C(=O)O)CC(C2NCc3ccccc32)CN1.Cl. The predicted octanol–water partition coefficient (Wildman–Crippen LogP) is 0.859. The number of fused-ring (bicyclic) bond motifs is 1. The van der Waals surface area contributed by atoms with Gasteiger partial charge in [-0.3, -0.25) is 5.32 Å². The smallest absolute Gasteiger partial charge is 0.337 e. The van der Waals surface area contributed by atoms with Crippen molar-refractivity contribution in [2.24, 2.45) is 5.92 Å². The van der Waals surface area contributed by atoms with Gasteiger partial charge in [0.05, 0.1) is 7.11 Å². The molecule has 3 atom stereocenters. The zero-order chi connectivity index (χ0) is 15.0. The highest BCUT2D eigenvalue weighted by Gasteiger charge is 2.54. The van der Waals surface area contributed by atoms with Crippen molar-refractivity contribution < 1.29 is 19.4 Å². The van der Waals surface area contributed by atoms with Crippen molar-refractivity contribution in [2.75, 3.05) is 13.7 Å². The first-order chi connectivity index (χ1) is 10.1. The first-order valence-corrected chi connectivity index (χ1v) is 6.96. The molecular formula is C15H19ClN2O4. The molecule has 3 N–H and O–H groups in total. The third kappa shape index (κ3) is 2.47. The van der Waals surface area contributed by atoms with E-state index in [1.54, 1.807) is 0 Å². The number of rotatable bonds is 3. The third-order valence-corrected chi connectivity index (χ3v) is 4.51. The van der Waals surface area contributed by atoms with Crippen LogP contribution in [0.2, 0.25) is 0 Å². The normalized spacial score (nSPS) is 29.5. The molecule has 1 saturated heterocycles. The van der Waals surface area contributed by atoms with Crippen LogP contribution in [-0.4, -0.2) is 36.2 Å². The molecule has 1 aromatic rings. The van der Waals surface area contributed by atoms with Crippen LogP contribution in [0.1, 0.15) is 23.6 Å². The minimum Gasteiger partial charge on any atom is -0.479 e. The fraction of sp³-hybridized carbons (Fsp3) is 0.467. The number of hydrogen-bond acceptors (Lipinski definition) is 5. The molecule has 6 nitrogen and oxygen atoms in total. The molecule has 0 bridgehead atoms. The Bertz CT molecular complexity index is 595. The second-order valence-corrected chi connectivity index (χ2v) is 5.60. The molecule has 2 heterocycles. The van der Waals surface area contributed by atoms with Crippen LogP contribution in [0.3, 0.4) is 0 Å². The van der Waals surface area contributed by atoms with E-state index in [2.05, 4.69) is 27.5 Å². The molecule has 3 unspecified atom stereocenters. The van der Waals surface area contributed by atoms with Gasteiger partial charge in [-0.25, -0.2) is 9.59 Å². The molecule has 0 aliphatic carbocycles. The van der Waals surface area contributed by atoms with Gasteiger partial charge in [0.15, 0.2) is 0 Å². The van der Waals surface area contributed by atoms with E-state index in [0.717, 1.165) is 6.54 Å². The molecule has 0 amide bonds. The van der Waals surface area contributed by atoms with Crippen LogP contribution in [-0.2, 0) is 20.9 Å². The van der Waals surface area contributed by atoms with E-state index in [4.69, 9.17) is 0 Å². The molecule has 22 heavy (non-hydrogen) atoms. The fourth-order valence-electron chi connectivity index (χ4n) is 3.41. The molecule has 120 valence electrons.